The van der Waals surface area contributed by atoms with Crippen LogP contribution in [0.2, 0.25) is 0 Å². The number of hydrogen-bond acceptors (Lipinski definition) is 1. The maximum atomic E-state index is 13.3. The monoisotopic (exact) mass is 205 g/mol. The first-order chi connectivity index (χ1) is 6.67. The van der Waals surface area contributed by atoms with Crippen LogP contribution in [0.4, 0.5) is 8.78 Å². The Labute approximate surface area is 85.3 Å². The zero-order chi connectivity index (χ0) is 10.4. The Kier molecular flexibility index (Phi) is 4.79. The molecule has 0 spiro atoms. The molecule has 3 heteroatoms. The van der Waals surface area contributed by atoms with Gasteiger partial charge in [0.25, 0.3) is 5.92 Å². The average Bonchev–Trinajstić information content (AvgIpc) is 1.99. The van der Waals surface area contributed by atoms with E-state index in [1.54, 1.807) is 0 Å². The van der Waals surface area contributed by atoms with Gasteiger partial charge in [-0.25, -0.2) is 8.78 Å². The van der Waals surface area contributed by atoms with Gasteiger partial charge in [0, 0.05) is 5.92 Å². The molecule has 0 unspecified atom stereocenters. The lowest BCUT2D eigenvalue weighted by atomic mass is 9.80. The molecule has 0 amide bonds. The van der Waals surface area contributed by atoms with Crippen molar-refractivity contribution in [2.24, 2.45) is 5.92 Å². The zero-order valence-electron chi connectivity index (χ0n) is 8.99. The number of alkyl halides is 2. The van der Waals surface area contributed by atoms with Gasteiger partial charge in [0.05, 0.1) is 6.54 Å². The highest BCUT2D eigenvalue weighted by atomic mass is 19.3. The first-order valence-electron chi connectivity index (χ1n) is 5.75. The molecule has 1 aliphatic carbocycles. The molecule has 0 atom stereocenters. The van der Waals surface area contributed by atoms with E-state index in [-0.39, 0.29) is 12.5 Å². The summed E-state index contributed by atoms with van der Waals surface area (Å²) in [5.41, 5.74) is 0. The highest BCUT2D eigenvalue weighted by Crippen LogP contribution is 2.39. The van der Waals surface area contributed by atoms with E-state index in [0.717, 1.165) is 32.2 Å². The summed E-state index contributed by atoms with van der Waals surface area (Å²) < 4.78 is 26.6. The highest BCUT2D eigenvalue weighted by molar-refractivity contribution is 4.85. The molecule has 0 saturated heterocycles. The minimum absolute atomic E-state index is 0.124. The van der Waals surface area contributed by atoms with Crippen molar-refractivity contribution < 1.29 is 8.78 Å². The molecule has 14 heavy (non-hydrogen) atoms. The van der Waals surface area contributed by atoms with Crippen molar-refractivity contribution in [1.82, 2.24) is 5.32 Å². The summed E-state index contributed by atoms with van der Waals surface area (Å²) in [7, 11) is 0. The predicted octanol–water partition coefficient (Wildman–Crippen LogP) is 3.20. The molecule has 1 nitrogen and oxygen atoms in total. The Morgan fingerprint density at radius 1 is 1.29 bits per heavy atom. The van der Waals surface area contributed by atoms with E-state index in [0.29, 0.717) is 12.8 Å². The van der Waals surface area contributed by atoms with Gasteiger partial charge in [-0.2, -0.15) is 0 Å². The summed E-state index contributed by atoms with van der Waals surface area (Å²) in [6, 6.07) is 0. The van der Waals surface area contributed by atoms with Crippen molar-refractivity contribution >= 4 is 0 Å². The lowest BCUT2D eigenvalue weighted by molar-refractivity contribution is -0.0843. The van der Waals surface area contributed by atoms with Crippen LogP contribution < -0.4 is 5.32 Å². The topological polar surface area (TPSA) is 12.0 Å². The van der Waals surface area contributed by atoms with Crippen LogP contribution in [0.1, 0.15) is 45.4 Å². The van der Waals surface area contributed by atoms with Crippen molar-refractivity contribution in [3.05, 3.63) is 0 Å². The van der Waals surface area contributed by atoms with Crippen molar-refractivity contribution in [1.29, 1.82) is 0 Å². The van der Waals surface area contributed by atoms with Gasteiger partial charge in [-0.05, 0) is 25.8 Å². The lowest BCUT2D eigenvalue weighted by Crippen LogP contribution is -2.42. The standard InChI is InChI=1S/C11H21F2N/c1-2-3-4-8-14-9-11(12,13)10-6-5-7-10/h10,14H,2-9H2,1H3. The van der Waals surface area contributed by atoms with E-state index in [9.17, 15) is 8.78 Å². The normalized spacial score (nSPS) is 18.2. The van der Waals surface area contributed by atoms with Gasteiger partial charge in [0.1, 0.15) is 0 Å². The fourth-order valence-corrected chi connectivity index (χ4v) is 1.73. The third-order valence-electron chi connectivity index (χ3n) is 3.02. The van der Waals surface area contributed by atoms with Crippen molar-refractivity contribution in [3.8, 4) is 0 Å². The van der Waals surface area contributed by atoms with Gasteiger partial charge in [0.2, 0.25) is 0 Å². The maximum absolute atomic E-state index is 13.3. The molecule has 1 rings (SSSR count). The SMILES string of the molecule is CCCCCNCC(F)(F)C1CCC1. The van der Waals surface area contributed by atoms with Crippen LogP contribution in [0.5, 0.6) is 0 Å². The summed E-state index contributed by atoms with van der Waals surface area (Å²) in [6.07, 6.45) is 5.68. The highest BCUT2D eigenvalue weighted by Gasteiger charge is 2.42. The van der Waals surface area contributed by atoms with E-state index < -0.39 is 5.92 Å². The van der Waals surface area contributed by atoms with Crippen molar-refractivity contribution in [2.75, 3.05) is 13.1 Å². The second kappa shape index (κ2) is 5.64. The van der Waals surface area contributed by atoms with Crippen LogP contribution in [-0.2, 0) is 0 Å². The molecule has 0 bridgehead atoms. The lowest BCUT2D eigenvalue weighted by Gasteiger charge is -2.33. The first-order valence-corrected chi connectivity index (χ1v) is 5.75. The minimum Gasteiger partial charge on any atom is -0.311 e. The fraction of sp³-hybridized carbons (Fsp3) is 1.00. The molecule has 84 valence electrons. The molecule has 0 heterocycles. The zero-order valence-corrected chi connectivity index (χ0v) is 8.99. The van der Waals surface area contributed by atoms with Gasteiger partial charge in [-0.1, -0.05) is 26.2 Å². The quantitative estimate of drug-likeness (QED) is 0.629. The van der Waals surface area contributed by atoms with Gasteiger partial charge in [0.15, 0.2) is 0 Å². The average molecular weight is 205 g/mol. The molecular weight excluding hydrogens is 184 g/mol. The maximum Gasteiger partial charge on any atom is 0.263 e. The molecule has 0 aliphatic heterocycles. The molecule has 1 saturated carbocycles. The van der Waals surface area contributed by atoms with Crippen LogP contribution in [0.25, 0.3) is 0 Å². The fourth-order valence-electron chi connectivity index (χ4n) is 1.73. The Morgan fingerprint density at radius 3 is 2.50 bits per heavy atom. The van der Waals surface area contributed by atoms with Crippen LogP contribution >= 0.6 is 0 Å². The molecule has 1 N–H and O–H groups in total. The van der Waals surface area contributed by atoms with Crippen LogP contribution in [0, 0.1) is 5.92 Å². The van der Waals surface area contributed by atoms with Crippen molar-refractivity contribution in [2.45, 2.75) is 51.4 Å². The first kappa shape index (κ1) is 11.9. The van der Waals surface area contributed by atoms with Crippen LogP contribution in [-0.4, -0.2) is 19.0 Å². The van der Waals surface area contributed by atoms with E-state index in [1.165, 1.54) is 0 Å². The third-order valence-corrected chi connectivity index (χ3v) is 3.02. The molecular formula is C11H21F2N. The van der Waals surface area contributed by atoms with Gasteiger partial charge >= 0.3 is 0 Å². The Balaban J connectivity index is 2.03. The Bertz CT molecular complexity index is 155. The van der Waals surface area contributed by atoms with Gasteiger partial charge in [-0.15, -0.1) is 0 Å². The van der Waals surface area contributed by atoms with E-state index in [2.05, 4.69) is 12.2 Å². The summed E-state index contributed by atoms with van der Waals surface area (Å²) in [5.74, 6) is -2.81. The summed E-state index contributed by atoms with van der Waals surface area (Å²) in [4.78, 5) is 0. The number of unbranched alkanes of at least 4 members (excludes halogenated alkanes) is 2. The largest absolute Gasteiger partial charge is 0.311 e. The number of halogens is 2. The van der Waals surface area contributed by atoms with Gasteiger partial charge < -0.3 is 5.32 Å². The molecule has 0 aromatic heterocycles. The smallest absolute Gasteiger partial charge is 0.263 e. The second-order valence-corrected chi connectivity index (χ2v) is 4.27. The molecule has 0 aromatic carbocycles. The second-order valence-electron chi connectivity index (χ2n) is 4.27. The molecule has 1 aliphatic rings. The Morgan fingerprint density at radius 2 is 2.00 bits per heavy atom. The van der Waals surface area contributed by atoms with E-state index in [1.807, 2.05) is 0 Å². The summed E-state index contributed by atoms with van der Waals surface area (Å²) in [6.45, 7) is 2.72. The molecule has 0 radical (unpaired) electrons. The number of rotatable bonds is 7. The van der Waals surface area contributed by atoms with Crippen molar-refractivity contribution in [3.63, 3.8) is 0 Å². The van der Waals surface area contributed by atoms with E-state index >= 15 is 0 Å². The van der Waals surface area contributed by atoms with Crippen LogP contribution in [0.3, 0.4) is 0 Å². The third kappa shape index (κ3) is 3.52. The van der Waals surface area contributed by atoms with Crippen LogP contribution in [0.15, 0.2) is 0 Å². The minimum atomic E-state index is -2.47. The van der Waals surface area contributed by atoms with Gasteiger partial charge in [-0.3, -0.25) is 0 Å². The number of nitrogens with one attached hydrogen (secondary N) is 1. The molecule has 0 aromatic rings. The summed E-state index contributed by atoms with van der Waals surface area (Å²) in [5, 5.41) is 2.86. The predicted molar refractivity (Wildman–Crippen MR) is 54.7 cm³/mol. The Hall–Kier alpha value is -0.180. The summed E-state index contributed by atoms with van der Waals surface area (Å²) >= 11 is 0. The molecule has 1 fully saturated rings. The number of hydrogen-bond donors (Lipinski definition) is 1. The van der Waals surface area contributed by atoms with E-state index in [4.69, 9.17) is 0 Å².